The fraction of sp³-hybridized carbons (Fsp3) is 0.214. The summed E-state index contributed by atoms with van der Waals surface area (Å²) in [4.78, 5) is 12.7. The van der Waals surface area contributed by atoms with Gasteiger partial charge in [-0.25, -0.2) is 4.79 Å². The third-order valence-corrected chi connectivity index (χ3v) is 3.42. The average Bonchev–Trinajstić information content (AvgIpc) is 2.90. The van der Waals surface area contributed by atoms with Crippen molar-refractivity contribution >= 4 is 17.4 Å². The second-order valence-corrected chi connectivity index (χ2v) is 4.92. The molecule has 1 atom stereocenters. The molecule has 94 valence electrons. The average molecular weight is 261 g/mol. The summed E-state index contributed by atoms with van der Waals surface area (Å²) >= 11 is 1.61. The quantitative estimate of drug-likeness (QED) is 0.910. The van der Waals surface area contributed by atoms with Crippen molar-refractivity contribution in [3.8, 4) is 0 Å². The first-order chi connectivity index (χ1) is 8.75. The minimum atomic E-state index is -0.389. The Balaban J connectivity index is 1.80. The Bertz CT molecular complexity index is 482. The van der Waals surface area contributed by atoms with E-state index in [-0.39, 0.29) is 12.2 Å². The van der Waals surface area contributed by atoms with E-state index in [0.29, 0.717) is 6.54 Å². The molecule has 1 heterocycles. The van der Waals surface area contributed by atoms with E-state index in [1.165, 1.54) is 0 Å². The van der Waals surface area contributed by atoms with E-state index in [1.54, 1.807) is 11.3 Å². The minimum Gasteiger partial charge on any atom is -0.442 e. The van der Waals surface area contributed by atoms with Crippen molar-refractivity contribution in [1.29, 1.82) is 0 Å². The topological polar surface area (TPSA) is 38.3 Å². The summed E-state index contributed by atoms with van der Waals surface area (Å²) in [6.07, 6.45) is -0.630. The van der Waals surface area contributed by atoms with Gasteiger partial charge in [0.1, 0.15) is 6.10 Å². The highest BCUT2D eigenvalue weighted by molar-refractivity contribution is 7.09. The maximum atomic E-state index is 11.6. The van der Waals surface area contributed by atoms with Crippen molar-refractivity contribution in [2.45, 2.75) is 19.6 Å². The molecule has 18 heavy (non-hydrogen) atoms. The molecule has 0 aliphatic rings. The van der Waals surface area contributed by atoms with Gasteiger partial charge in [0, 0.05) is 4.88 Å². The van der Waals surface area contributed by atoms with Crippen molar-refractivity contribution < 1.29 is 9.53 Å². The minimum absolute atomic E-state index is 0.241. The molecule has 3 nitrogen and oxygen atoms in total. The van der Waals surface area contributed by atoms with Gasteiger partial charge in [0.2, 0.25) is 0 Å². The fourth-order valence-electron chi connectivity index (χ4n) is 1.57. The molecule has 0 unspecified atom stereocenters. The zero-order valence-corrected chi connectivity index (χ0v) is 10.9. The second kappa shape index (κ2) is 6.21. The lowest BCUT2D eigenvalue weighted by atomic mass is 10.1. The van der Waals surface area contributed by atoms with Crippen LogP contribution in [0, 0.1) is 0 Å². The third-order valence-electron chi connectivity index (χ3n) is 2.54. The molecule has 0 radical (unpaired) electrons. The molecule has 2 aromatic rings. The van der Waals surface area contributed by atoms with E-state index in [4.69, 9.17) is 4.74 Å². The lowest BCUT2D eigenvalue weighted by Crippen LogP contribution is -2.24. The number of rotatable bonds is 4. The van der Waals surface area contributed by atoms with Crippen LogP contribution in [-0.4, -0.2) is 6.09 Å². The lowest BCUT2D eigenvalue weighted by Gasteiger charge is -2.13. The van der Waals surface area contributed by atoms with Gasteiger partial charge < -0.3 is 10.1 Å². The van der Waals surface area contributed by atoms with E-state index in [2.05, 4.69) is 5.32 Å². The van der Waals surface area contributed by atoms with Crippen LogP contribution in [0.4, 0.5) is 4.79 Å². The number of thiophene rings is 1. The van der Waals surface area contributed by atoms with E-state index >= 15 is 0 Å². The van der Waals surface area contributed by atoms with Crippen molar-refractivity contribution in [2.75, 3.05) is 0 Å². The number of alkyl carbamates (subject to hydrolysis) is 1. The van der Waals surface area contributed by atoms with Crippen LogP contribution in [0.3, 0.4) is 0 Å². The third kappa shape index (κ3) is 3.60. The summed E-state index contributed by atoms with van der Waals surface area (Å²) in [5.74, 6) is 0. The monoisotopic (exact) mass is 261 g/mol. The van der Waals surface area contributed by atoms with Gasteiger partial charge in [0.05, 0.1) is 6.54 Å². The van der Waals surface area contributed by atoms with Gasteiger partial charge in [0.15, 0.2) is 0 Å². The maximum absolute atomic E-state index is 11.6. The summed E-state index contributed by atoms with van der Waals surface area (Å²) in [6, 6.07) is 13.6. The molecule has 2 rings (SSSR count). The number of amides is 1. The molecule has 0 saturated carbocycles. The number of nitrogens with one attached hydrogen (secondary N) is 1. The van der Waals surface area contributed by atoms with Crippen LogP contribution in [0.5, 0.6) is 0 Å². The molecule has 1 aromatic heterocycles. The van der Waals surface area contributed by atoms with Crippen molar-refractivity contribution in [3.05, 3.63) is 58.3 Å². The lowest BCUT2D eigenvalue weighted by molar-refractivity contribution is 0.107. The molecule has 1 aromatic carbocycles. The predicted molar refractivity (Wildman–Crippen MR) is 72.5 cm³/mol. The van der Waals surface area contributed by atoms with E-state index < -0.39 is 0 Å². The van der Waals surface area contributed by atoms with Crippen LogP contribution in [0.15, 0.2) is 47.8 Å². The highest BCUT2D eigenvalue weighted by atomic mass is 32.1. The number of carbonyl (C=O) groups is 1. The Morgan fingerprint density at radius 1 is 1.28 bits per heavy atom. The molecule has 0 spiro atoms. The summed E-state index contributed by atoms with van der Waals surface area (Å²) in [5, 5.41) is 4.72. The second-order valence-electron chi connectivity index (χ2n) is 3.89. The van der Waals surface area contributed by atoms with Crippen molar-refractivity contribution in [1.82, 2.24) is 5.32 Å². The number of hydrogen-bond donors (Lipinski definition) is 1. The molecular formula is C14H15NO2S. The largest absolute Gasteiger partial charge is 0.442 e. The van der Waals surface area contributed by atoms with Crippen LogP contribution in [0.1, 0.15) is 23.5 Å². The Labute approximate surface area is 110 Å². The summed E-state index contributed by atoms with van der Waals surface area (Å²) < 4.78 is 5.29. The number of carbonyl (C=O) groups excluding carboxylic acids is 1. The molecule has 0 aliphatic heterocycles. The molecule has 0 saturated heterocycles. The summed E-state index contributed by atoms with van der Waals surface area (Å²) in [6.45, 7) is 2.37. The van der Waals surface area contributed by atoms with Crippen LogP contribution < -0.4 is 5.32 Å². The molecule has 4 heteroatoms. The first kappa shape index (κ1) is 12.6. The van der Waals surface area contributed by atoms with Crippen LogP contribution in [0.2, 0.25) is 0 Å². The molecular weight excluding hydrogens is 246 g/mol. The van der Waals surface area contributed by atoms with E-state index in [9.17, 15) is 4.79 Å². The number of benzene rings is 1. The van der Waals surface area contributed by atoms with Crippen LogP contribution in [0.25, 0.3) is 0 Å². The molecule has 1 amide bonds. The maximum Gasteiger partial charge on any atom is 0.408 e. The van der Waals surface area contributed by atoms with Gasteiger partial charge in [-0.2, -0.15) is 0 Å². The first-order valence-electron chi connectivity index (χ1n) is 5.77. The van der Waals surface area contributed by atoms with Gasteiger partial charge >= 0.3 is 6.09 Å². The van der Waals surface area contributed by atoms with Crippen LogP contribution in [-0.2, 0) is 11.3 Å². The molecule has 0 bridgehead atoms. The smallest absolute Gasteiger partial charge is 0.408 e. The normalized spacial score (nSPS) is 11.8. The summed E-state index contributed by atoms with van der Waals surface area (Å²) in [7, 11) is 0. The molecule has 0 fully saturated rings. The predicted octanol–water partition coefficient (Wildman–Crippen LogP) is 3.74. The summed E-state index contributed by atoms with van der Waals surface area (Å²) in [5.41, 5.74) is 0.990. The number of ether oxygens (including phenoxy) is 1. The van der Waals surface area contributed by atoms with Crippen molar-refractivity contribution in [2.24, 2.45) is 0 Å². The first-order valence-corrected chi connectivity index (χ1v) is 6.65. The molecule has 1 N–H and O–H groups in total. The van der Waals surface area contributed by atoms with E-state index in [1.807, 2.05) is 54.8 Å². The Kier molecular flexibility index (Phi) is 4.36. The van der Waals surface area contributed by atoms with Crippen molar-refractivity contribution in [3.63, 3.8) is 0 Å². The zero-order valence-electron chi connectivity index (χ0n) is 10.1. The molecule has 0 aliphatic carbocycles. The number of hydrogen-bond acceptors (Lipinski definition) is 3. The van der Waals surface area contributed by atoms with E-state index in [0.717, 1.165) is 10.4 Å². The standard InChI is InChI=1S/C14H15NO2S/c1-11(12-6-3-2-4-7-12)17-14(16)15-10-13-8-5-9-18-13/h2-9,11H,10H2,1H3,(H,15,16)/t11-/m1/s1. The zero-order chi connectivity index (χ0) is 12.8. The Morgan fingerprint density at radius 3 is 2.72 bits per heavy atom. The van der Waals surface area contributed by atoms with Gasteiger partial charge in [-0.3, -0.25) is 0 Å². The Hall–Kier alpha value is -1.81. The van der Waals surface area contributed by atoms with Crippen LogP contribution >= 0.6 is 11.3 Å². The Morgan fingerprint density at radius 2 is 2.06 bits per heavy atom. The fourth-order valence-corrected chi connectivity index (χ4v) is 2.21. The van der Waals surface area contributed by atoms with Gasteiger partial charge in [0.25, 0.3) is 0 Å². The highest BCUT2D eigenvalue weighted by Crippen LogP contribution is 2.16. The highest BCUT2D eigenvalue weighted by Gasteiger charge is 2.10. The van der Waals surface area contributed by atoms with Gasteiger partial charge in [-0.05, 0) is 23.9 Å². The van der Waals surface area contributed by atoms with Gasteiger partial charge in [-0.1, -0.05) is 36.4 Å². The SMILES string of the molecule is C[C@@H](OC(=O)NCc1cccs1)c1ccccc1. The van der Waals surface area contributed by atoms with Gasteiger partial charge in [-0.15, -0.1) is 11.3 Å².